The van der Waals surface area contributed by atoms with Crippen molar-refractivity contribution in [1.82, 2.24) is 5.32 Å². The molecular formula is C14H29NO3. The second-order valence-electron chi connectivity index (χ2n) is 5.23. The van der Waals surface area contributed by atoms with E-state index >= 15 is 0 Å². The highest BCUT2D eigenvalue weighted by Crippen LogP contribution is 2.40. The molecule has 0 saturated heterocycles. The summed E-state index contributed by atoms with van der Waals surface area (Å²) in [4.78, 5) is 0. The van der Waals surface area contributed by atoms with E-state index in [0.29, 0.717) is 18.6 Å². The van der Waals surface area contributed by atoms with Gasteiger partial charge in [-0.2, -0.15) is 0 Å². The van der Waals surface area contributed by atoms with Crippen LogP contribution in [-0.4, -0.2) is 53.7 Å². The predicted molar refractivity (Wildman–Crippen MR) is 73.0 cm³/mol. The molecule has 0 amide bonds. The van der Waals surface area contributed by atoms with Crippen molar-refractivity contribution in [2.24, 2.45) is 5.41 Å². The third-order valence-electron chi connectivity index (χ3n) is 3.86. The van der Waals surface area contributed by atoms with E-state index in [0.717, 1.165) is 32.7 Å². The van der Waals surface area contributed by atoms with Crippen LogP contribution >= 0.6 is 0 Å². The highest BCUT2D eigenvalue weighted by molar-refractivity contribution is 4.86. The Bertz CT molecular complexity index is 193. The van der Waals surface area contributed by atoms with Gasteiger partial charge in [-0.3, -0.25) is 0 Å². The summed E-state index contributed by atoms with van der Waals surface area (Å²) in [7, 11) is 3.46. The largest absolute Gasteiger partial charge is 0.383 e. The van der Waals surface area contributed by atoms with E-state index in [1.54, 1.807) is 14.2 Å². The molecule has 0 radical (unpaired) electrons. The summed E-state index contributed by atoms with van der Waals surface area (Å²) < 4.78 is 15.7. The second kappa shape index (κ2) is 9.73. The first kappa shape index (κ1) is 15.9. The predicted octanol–water partition coefficient (Wildman–Crippen LogP) is 1.84. The average molecular weight is 259 g/mol. The van der Waals surface area contributed by atoms with Crippen molar-refractivity contribution in [3.05, 3.63) is 0 Å². The first-order valence-corrected chi connectivity index (χ1v) is 7.09. The minimum Gasteiger partial charge on any atom is -0.383 e. The van der Waals surface area contributed by atoms with E-state index in [1.807, 2.05) is 0 Å². The molecule has 4 nitrogen and oxygen atoms in total. The third-order valence-corrected chi connectivity index (χ3v) is 3.86. The molecule has 1 aliphatic carbocycles. The maximum Gasteiger partial charge on any atom is 0.0700 e. The Morgan fingerprint density at radius 1 is 0.944 bits per heavy atom. The minimum absolute atomic E-state index is 0.459. The van der Waals surface area contributed by atoms with Crippen LogP contribution in [0.2, 0.25) is 0 Å². The summed E-state index contributed by atoms with van der Waals surface area (Å²) >= 11 is 0. The first-order valence-electron chi connectivity index (χ1n) is 7.09. The molecule has 0 bridgehead atoms. The molecule has 0 aliphatic heterocycles. The smallest absolute Gasteiger partial charge is 0.0700 e. The molecule has 1 fully saturated rings. The zero-order chi connectivity index (χ0) is 13.1. The lowest BCUT2D eigenvalue weighted by Crippen LogP contribution is -2.35. The minimum atomic E-state index is 0.459. The number of nitrogens with one attached hydrogen (secondary N) is 1. The SMILES string of the molecule is COCCNCC1(CCOCCOC)CCCC1. The molecule has 0 aromatic heterocycles. The van der Waals surface area contributed by atoms with E-state index in [1.165, 1.54) is 25.7 Å². The molecule has 0 unspecified atom stereocenters. The van der Waals surface area contributed by atoms with Crippen molar-refractivity contribution in [1.29, 1.82) is 0 Å². The summed E-state index contributed by atoms with van der Waals surface area (Å²) in [6, 6.07) is 0. The Labute approximate surface area is 111 Å². The van der Waals surface area contributed by atoms with Gasteiger partial charge in [0.25, 0.3) is 0 Å². The van der Waals surface area contributed by atoms with Crippen molar-refractivity contribution < 1.29 is 14.2 Å². The van der Waals surface area contributed by atoms with Gasteiger partial charge in [-0.25, -0.2) is 0 Å². The van der Waals surface area contributed by atoms with Crippen LogP contribution in [0.3, 0.4) is 0 Å². The first-order chi connectivity index (χ1) is 8.83. The van der Waals surface area contributed by atoms with Gasteiger partial charge >= 0.3 is 0 Å². The van der Waals surface area contributed by atoms with Gasteiger partial charge in [0, 0.05) is 33.9 Å². The van der Waals surface area contributed by atoms with Gasteiger partial charge in [0.1, 0.15) is 0 Å². The van der Waals surface area contributed by atoms with Gasteiger partial charge in [-0.05, 0) is 24.7 Å². The third kappa shape index (κ3) is 6.14. The Kier molecular flexibility index (Phi) is 8.59. The molecule has 108 valence electrons. The van der Waals surface area contributed by atoms with E-state index in [2.05, 4.69) is 5.32 Å². The highest BCUT2D eigenvalue weighted by Gasteiger charge is 2.32. The molecule has 0 spiro atoms. The lowest BCUT2D eigenvalue weighted by molar-refractivity contribution is 0.0511. The van der Waals surface area contributed by atoms with Crippen molar-refractivity contribution in [3.63, 3.8) is 0 Å². The summed E-state index contributed by atoms with van der Waals surface area (Å²) in [6.07, 6.45) is 6.56. The van der Waals surface area contributed by atoms with E-state index in [4.69, 9.17) is 14.2 Å². The van der Waals surface area contributed by atoms with Gasteiger partial charge in [0.15, 0.2) is 0 Å². The second-order valence-corrected chi connectivity index (χ2v) is 5.23. The molecular weight excluding hydrogens is 230 g/mol. The molecule has 1 saturated carbocycles. The fraction of sp³-hybridized carbons (Fsp3) is 1.00. The monoisotopic (exact) mass is 259 g/mol. The fourth-order valence-electron chi connectivity index (χ4n) is 2.70. The molecule has 1 N–H and O–H groups in total. The Morgan fingerprint density at radius 3 is 2.33 bits per heavy atom. The van der Waals surface area contributed by atoms with Crippen LogP contribution in [0.4, 0.5) is 0 Å². The Morgan fingerprint density at radius 2 is 1.67 bits per heavy atom. The summed E-state index contributed by atoms with van der Waals surface area (Å²) in [5.41, 5.74) is 0.459. The lowest BCUT2D eigenvalue weighted by atomic mass is 9.83. The standard InChI is InChI=1S/C14H29NO3/c1-16-10-8-15-13-14(5-3-4-6-14)7-9-18-12-11-17-2/h15H,3-13H2,1-2H3. The highest BCUT2D eigenvalue weighted by atomic mass is 16.5. The topological polar surface area (TPSA) is 39.7 Å². The van der Waals surface area contributed by atoms with Gasteiger partial charge in [-0.1, -0.05) is 12.8 Å². The average Bonchev–Trinajstić information content (AvgIpc) is 2.84. The van der Waals surface area contributed by atoms with Gasteiger partial charge in [-0.15, -0.1) is 0 Å². The summed E-state index contributed by atoms with van der Waals surface area (Å²) in [5.74, 6) is 0. The van der Waals surface area contributed by atoms with E-state index in [-0.39, 0.29) is 0 Å². The Balaban J connectivity index is 2.16. The van der Waals surface area contributed by atoms with Crippen LogP contribution in [0.15, 0.2) is 0 Å². The number of ether oxygens (including phenoxy) is 3. The van der Waals surface area contributed by atoms with Crippen molar-refractivity contribution in [3.8, 4) is 0 Å². The van der Waals surface area contributed by atoms with Gasteiger partial charge in [0.2, 0.25) is 0 Å². The molecule has 0 heterocycles. The lowest BCUT2D eigenvalue weighted by Gasteiger charge is -2.29. The molecule has 18 heavy (non-hydrogen) atoms. The molecule has 0 aromatic carbocycles. The quantitative estimate of drug-likeness (QED) is 0.575. The van der Waals surface area contributed by atoms with Gasteiger partial charge < -0.3 is 19.5 Å². The van der Waals surface area contributed by atoms with Crippen LogP contribution in [0.5, 0.6) is 0 Å². The zero-order valence-electron chi connectivity index (χ0n) is 12.0. The molecule has 1 rings (SSSR count). The van der Waals surface area contributed by atoms with Crippen LogP contribution in [0.1, 0.15) is 32.1 Å². The van der Waals surface area contributed by atoms with Crippen LogP contribution in [0.25, 0.3) is 0 Å². The zero-order valence-corrected chi connectivity index (χ0v) is 12.0. The summed E-state index contributed by atoms with van der Waals surface area (Å²) in [5, 5.41) is 3.52. The normalized spacial score (nSPS) is 18.3. The van der Waals surface area contributed by atoms with Crippen LogP contribution in [-0.2, 0) is 14.2 Å². The fourth-order valence-corrected chi connectivity index (χ4v) is 2.70. The Hall–Kier alpha value is -0.160. The molecule has 4 heteroatoms. The van der Waals surface area contributed by atoms with Crippen LogP contribution < -0.4 is 5.32 Å². The molecule has 0 atom stereocenters. The maximum atomic E-state index is 5.61. The maximum absolute atomic E-state index is 5.61. The number of rotatable bonds is 11. The van der Waals surface area contributed by atoms with Crippen LogP contribution in [0, 0.1) is 5.41 Å². The van der Waals surface area contributed by atoms with E-state index < -0.39 is 0 Å². The molecule has 0 aromatic rings. The number of methoxy groups -OCH3 is 2. The number of hydrogen-bond donors (Lipinski definition) is 1. The summed E-state index contributed by atoms with van der Waals surface area (Å²) in [6.45, 7) is 5.10. The van der Waals surface area contributed by atoms with Gasteiger partial charge in [0.05, 0.1) is 19.8 Å². The number of hydrogen-bond acceptors (Lipinski definition) is 4. The van der Waals surface area contributed by atoms with Crippen molar-refractivity contribution in [2.75, 3.05) is 53.7 Å². The van der Waals surface area contributed by atoms with Crippen molar-refractivity contribution in [2.45, 2.75) is 32.1 Å². The molecule has 1 aliphatic rings. The van der Waals surface area contributed by atoms with Crippen molar-refractivity contribution >= 4 is 0 Å². The van der Waals surface area contributed by atoms with E-state index in [9.17, 15) is 0 Å².